The maximum atomic E-state index is 13.8. The van der Waals surface area contributed by atoms with Crippen LogP contribution in [0.15, 0.2) is 54.6 Å². The summed E-state index contributed by atoms with van der Waals surface area (Å²) < 4.78 is 32.1. The van der Waals surface area contributed by atoms with Crippen LogP contribution in [0.3, 0.4) is 0 Å². The lowest BCUT2D eigenvalue weighted by atomic mass is 10.1. The lowest BCUT2D eigenvalue weighted by molar-refractivity contribution is 0.0206. The zero-order valence-corrected chi connectivity index (χ0v) is 19.5. The number of terminal acetylenes is 1. The molecule has 0 saturated carbocycles. The first-order chi connectivity index (χ1) is 16.5. The van der Waals surface area contributed by atoms with Crippen molar-refractivity contribution in [3.05, 3.63) is 66.0 Å². The van der Waals surface area contributed by atoms with Crippen LogP contribution >= 0.6 is 0 Å². The van der Waals surface area contributed by atoms with Crippen molar-refractivity contribution < 1.29 is 23.7 Å². The van der Waals surface area contributed by atoms with Crippen molar-refractivity contribution in [2.75, 3.05) is 40.0 Å². The Labute approximate surface area is 199 Å². The van der Waals surface area contributed by atoms with Gasteiger partial charge < -0.3 is 19.3 Å². The Hall–Kier alpha value is -3.22. The Balaban J connectivity index is 1.93. The molecule has 2 aromatic carbocycles. The van der Waals surface area contributed by atoms with Gasteiger partial charge in [-0.15, -0.1) is 6.42 Å². The predicted octanol–water partition coefficient (Wildman–Crippen LogP) is 3.48. The quantitative estimate of drug-likeness (QED) is 0.307. The van der Waals surface area contributed by atoms with Crippen molar-refractivity contribution in [2.45, 2.75) is 12.6 Å². The molecule has 0 saturated heterocycles. The lowest BCUT2D eigenvalue weighted by Crippen LogP contribution is -2.36. The van der Waals surface area contributed by atoms with Crippen LogP contribution in [0.25, 0.3) is 11.3 Å². The van der Waals surface area contributed by atoms with Crippen molar-refractivity contribution in [3.8, 4) is 35.2 Å². The van der Waals surface area contributed by atoms with Crippen LogP contribution in [0.1, 0.15) is 5.56 Å². The largest absolute Gasteiger partial charge is 0.439 e. The lowest BCUT2D eigenvalue weighted by Gasteiger charge is -2.25. The van der Waals surface area contributed by atoms with Gasteiger partial charge in [0.05, 0.1) is 24.9 Å². The minimum Gasteiger partial charge on any atom is -0.439 e. The van der Waals surface area contributed by atoms with E-state index < -0.39 is 6.10 Å². The number of hydrogen-bond donors (Lipinski definition) is 1. The molecule has 3 aromatic rings. The summed E-state index contributed by atoms with van der Waals surface area (Å²) in [4.78, 5) is 2.04. The molecule has 0 spiro atoms. The van der Waals surface area contributed by atoms with E-state index in [0.29, 0.717) is 37.9 Å². The summed E-state index contributed by atoms with van der Waals surface area (Å²) in [6.07, 6.45) is 4.48. The number of methoxy groups -OCH3 is 1. The van der Waals surface area contributed by atoms with Crippen molar-refractivity contribution >= 4 is 0 Å². The van der Waals surface area contributed by atoms with Gasteiger partial charge in [-0.1, -0.05) is 42.3 Å². The second-order valence-electron chi connectivity index (χ2n) is 7.78. The second-order valence-corrected chi connectivity index (χ2v) is 7.78. The minimum atomic E-state index is -0.741. The van der Waals surface area contributed by atoms with Crippen LogP contribution in [-0.2, 0) is 23.1 Å². The number of aryl methyl sites for hydroxylation is 1. The van der Waals surface area contributed by atoms with E-state index in [1.165, 1.54) is 12.1 Å². The van der Waals surface area contributed by atoms with Gasteiger partial charge in [0.1, 0.15) is 23.9 Å². The molecule has 0 fully saturated rings. The molecule has 1 unspecified atom stereocenters. The highest BCUT2D eigenvalue weighted by molar-refractivity contribution is 5.65. The van der Waals surface area contributed by atoms with E-state index in [4.69, 9.17) is 25.7 Å². The summed E-state index contributed by atoms with van der Waals surface area (Å²) in [6, 6.07) is 15.7. The summed E-state index contributed by atoms with van der Waals surface area (Å²) in [6.45, 7) is 2.04. The Morgan fingerprint density at radius 3 is 2.71 bits per heavy atom. The van der Waals surface area contributed by atoms with E-state index in [-0.39, 0.29) is 19.0 Å². The molecule has 180 valence electrons. The van der Waals surface area contributed by atoms with E-state index >= 15 is 0 Å². The first-order valence-corrected chi connectivity index (χ1v) is 11.0. The fourth-order valence-corrected chi connectivity index (χ4v) is 3.58. The van der Waals surface area contributed by atoms with E-state index in [2.05, 4.69) is 5.92 Å². The third-order valence-corrected chi connectivity index (χ3v) is 5.10. The Kier molecular flexibility index (Phi) is 9.62. The molecule has 0 amide bonds. The van der Waals surface area contributed by atoms with E-state index in [0.717, 1.165) is 16.8 Å². The summed E-state index contributed by atoms with van der Waals surface area (Å²) in [5, 5.41) is 15.2. The number of aliphatic hydroxyl groups is 1. The molecule has 1 atom stereocenters. The smallest absolute Gasteiger partial charge is 0.222 e. The van der Waals surface area contributed by atoms with E-state index in [1.54, 1.807) is 31.0 Å². The summed E-state index contributed by atoms with van der Waals surface area (Å²) >= 11 is 0. The number of benzene rings is 2. The zero-order chi connectivity index (χ0) is 24.3. The molecular formula is C26H30FN3O4. The topological polar surface area (TPSA) is 69.0 Å². The summed E-state index contributed by atoms with van der Waals surface area (Å²) in [7, 11) is 3.41. The molecular weight excluding hydrogens is 437 g/mol. The number of aromatic nitrogens is 2. The number of nitrogens with zero attached hydrogens (tertiary/aromatic N) is 3. The highest BCUT2D eigenvalue weighted by Crippen LogP contribution is 2.34. The van der Waals surface area contributed by atoms with Crippen LogP contribution in [-0.4, -0.2) is 65.9 Å². The molecule has 0 aliphatic carbocycles. The Bertz CT molecular complexity index is 1080. The molecule has 3 rings (SSSR count). The molecule has 1 aromatic heterocycles. The minimum absolute atomic E-state index is 0.124. The van der Waals surface area contributed by atoms with Gasteiger partial charge >= 0.3 is 0 Å². The monoisotopic (exact) mass is 467 g/mol. The third kappa shape index (κ3) is 7.14. The van der Waals surface area contributed by atoms with Gasteiger partial charge in [-0.05, 0) is 12.1 Å². The Morgan fingerprint density at radius 1 is 1.21 bits per heavy atom. The van der Waals surface area contributed by atoms with Gasteiger partial charge in [-0.3, -0.25) is 4.90 Å². The fourth-order valence-electron chi connectivity index (χ4n) is 3.58. The van der Waals surface area contributed by atoms with Gasteiger partial charge in [-0.2, -0.15) is 5.10 Å². The van der Waals surface area contributed by atoms with Gasteiger partial charge in [0.15, 0.2) is 0 Å². The average molecular weight is 468 g/mol. The molecule has 1 N–H and O–H groups in total. The van der Waals surface area contributed by atoms with Crippen molar-refractivity contribution in [3.63, 3.8) is 0 Å². The van der Waals surface area contributed by atoms with Crippen LogP contribution in [0.2, 0.25) is 0 Å². The summed E-state index contributed by atoms with van der Waals surface area (Å²) in [5.74, 6) is 2.87. The molecule has 0 radical (unpaired) electrons. The molecule has 8 heteroatoms. The van der Waals surface area contributed by atoms with Gasteiger partial charge in [0.25, 0.3) is 0 Å². The fraction of sp³-hybridized carbons (Fsp3) is 0.346. The first kappa shape index (κ1) is 25.4. The molecule has 0 aliphatic heterocycles. The standard InChI is InChI=1S/C26H30FN3O4/c1-4-14-33-19-22(31)17-30(13-15-32-3)18-24-25(20-9-6-5-7-10-20)28-29(2)26(24)34-23-12-8-11-21(27)16-23/h1,5-12,16,22,31H,13-15,17-19H2,2-3H3. The number of rotatable bonds is 13. The van der Waals surface area contributed by atoms with Crippen molar-refractivity contribution in [2.24, 2.45) is 7.05 Å². The highest BCUT2D eigenvalue weighted by Gasteiger charge is 2.23. The SMILES string of the molecule is C#CCOCC(O)CN(CCOC)Cc1c(-c2ccccc2)nn(C)c1Oc1cccc(F)c1. The van der Waals surface area contributed by atoms with Crippen molar-refractivity contribution in [1.82, 2.24) is 14.7 Å². The van der Waals surface area contributed by atoms with Crippen LogP contribution in [0.5, 0.6) is 11.6 Å². The number of ether oxygens (including phenoxy) is 3. The van der Waals surface area contributed by atoms with Crippen LogP contribution < -0.4 is 4.74 Å². The molecule has 7 nitrogen and oxygen atoms in total. The maximum absolute atomic E-state index is 13.8. The van der Waals surface area contributed by atoms with Gasteiger partial charge in [-0.25, -0.2) is 9.07 Å². The number of halogens is 1. The highest BCUT2D eigenvalue weighted by atomic mass is 19.1. The zero-order valence-electron chi connectivity index (χ0n) is 19.5. The van der Waals surface area contributed by atoms with E-state index in [9.17, 15) is 9.50 Å². The Morgan fingerprint density at radius 2 is 2.00 bits per heavy atom. The third-order valence-electron chi connectivity index (χ3n) is 5.10. The normalized spacial score (nSPS) is 12.0. The molecule has 34 heavy (non-hydrogen) atoms. The molecule has 0 aliphatic rings. The average Bonchev–Trinajstić information content (AvgIpc) is 3.13. The predicted molar refractivity (Wildman–Crippen MR) is 128 cm³/mol. The van der Waals surface area contributed by atoms with Crippen LogP contribution in [0.4, 0.5) is 4.39 Å². The second kappa shape index (κ2) is 12.9. The summed E-state index contributed by atoms with van der Waals surface area (Å²) in [5.41, 5.74) is 2.48. The molecule has 0 bridgehead atoms. The molecule has 1 heterocycles. The maximum Gasteiger partial charge on any atom is 0.222 e. The van der Waals surface area contributed by atoms with Crippen LogP contribution in [0, 0.1) is 18.2 Å². The first-order valence-electron chi connectivity index (χ1n) is 11.0. The van der Waals surface area contributed by atoms with Crippen molar-refractivity contribution in [1.29, 1.82) is 0 Å². The number of aliphatic hydroxyl groups excluding tert-OH is 1. The van der Waals surface area contributed by atoms with Gasteiger partial charge in [0, 0.05) is 45.4 Å². The number of hydrogen-bond acceptors (Lipinski definition) is 6. The van der Waals surface area contributed by atoms with E-state index in [1.807, 2.05) is 35.2 Å². The van der Waals surface area contributed by atoms with Gasteiger partial charge in [0.2, 0.25) is 5.88 Å².